The number of rotatable bonds is 6. The molecule has 25 heavy (non-hydrogen) atoms. The van der Waals surface area contributed by atoms with Crippen LogP contribution in [0.5, 0.6) is 5.75 Å². The molecule has 0 saturated carbocycles. The Morgan fingerprint density at radius 3 is 2.64 bits per heavy atom. The molecule has 1 atom stereocenters. The molecule has 0 radical (unpaired) electrons. The molecule has 1 heterocycles. The van der Waals surface area contributed by atoms with Gasteiger partial charge in [0.25, 0.3) is 0 Å². The number of benzene rings is 2. The fourth-order valence-corrected chi connectivity index (χ4v) is 3.05. The summed E-state index contributed by atoms with van der Waals surface area (Å²) in [5.41, 5.74) is 2.88. The van der Waals surface area contributed by atoms with Crippen molar-refractivity contribution in [3.05, 3.63) is 65.2 Å². The summed E-state index contributed by atoms with van der Waals surface area (Å²) in [6, 6.07) is 14.2. The summed E-state index contributed by atoms with van der Waals surface area (Å²) in [6.45, 7) is 0.671. The summed E-state index contributed by atoms with van der Waals surface area (Å²) >= 11 is 0. The average Bonchev–Trinajstić information content (AvgIpc) is 3.07. The lowest BCUT2D eigenvalue weighted by atomic mass is 10.0. The van der Waals surface area contributed by atoms with Gasteiger partial charge in [0.2, 0.25) is 5.91 Å². The van der Waals surface area contributed by atoms with E-state index >= 15 is 0 Å². The number of likely N-dealkylation sites (N-methyl/N-ethyl adjacent to an activating group) is 1. The predicted molar refractivity (Wildman–Crippen MR) is 93.7 cm³/mol. The Labute approximate surface area is 146 Å². The Bertz CT molecular complexity index is 773. The molecule has 0 aliphatic carbocycles. The van der Waals surface area contributed by atoms with E-state index in [2.05, 4.69) is 0 Å². The third kappa shape index (κ3) is 3.99. The van der Waals surface area contributed by atoms with Crippen molar-refractivity contribution in [2.45, 2.75) is 25.3 Å². The summed E-state index contributed by atoms with van der Waals surface area (Å²) in [5.74, 6) is -0.332. The molecule has 2 aromatic rings. The molecular formula is C20H21NO4. The van der Waals surface area contributed by atoms with Crippen LogP contribution in [0.2, 0.25) is 0 Å². The largest absolute Gasteiger partial charge is 0.493 e. The van der Waals surface area contributed by atoms with Gasteiger partial charge in [0.15, 0.2) is 0 Å². The van der Waals surface area contributed by atoms with E-state index in [9.17, 15) is 14.7 Å². The number of hydrogen-bond acceptors (Lipinski definition) is 3. The zero-order chi connectivity index (χ0) is 17.8. The summed E-state index contributed by atoms with van der Waals surface area (Å²) < 4.78 is 5.47. The highest BCUT2D eigenvalue weighted by molar-refractivity contribution is 5.85. The molecule has 3 rings (SSSR count). The van der Waals surface area contributed by atoms with E-state index in [1.165, 1.54) is 4.90 Å². The molecule has 1 aliphatic rings. The van der Waals surface area contributed by atoms with Gasteiger partial charge >= 0.3 is 5.97 Å². The van der Waals surface area contributed by atoms with E-state index in [0.717, 1.165) is 28.9 Å². The number of carbonyl (C=O) groups excluding carboxylic acids is 1. The summed E-state index contributed by atoms with van der Waals surface area (Å²) in [5, 5.41) is 9.54. The summed E-state index contributed by atoms with van der Waals surface area (Å²) in [7, 11) is 1.56. The predicted octanol–water partition coefficient (Wildman–Crippen LogP) is 2.32. The Kier molecular flexibility index (Phi) is 5.03. The van der Waals surface area contributed by atoms with Crippen molar-refractivity contribution in [2.24, 2.45) is 0 Å². The van der Waals surface area contributed by atoms with Crippen molar-refractivity contribution in [1.82, 2.24) is 4.90 Å². The number of carboxylic acid groups (broad SMARTS) is 1. The fourth-order valence-electron chi connectivity index (χ4n) is 3.05. The maximum absolute atomic E-state index is 12.6. The van der Waals surface area contributed by atoms with Gasteiger partial charge in [-0.25, -0.2) is 4.79 Å². The van der Waals surface area contributed by atoms with Gasteiger partial charge < -0.3 is 14.7 Å². The molecule has 0 bridgehead atoms. The van der Waals surface area contributed by atoms with Gasteiger partial charge in [-0.1, -0.05) is 42.5 Å². The lowest BCUT2D eigenvalue weighted by Crippen LogP contribution is -2.44. The topological polar surface area (TPSA) is 66.8 Å². The van der Waals surface area contributed by atoms with Crippen molar-refractivity contribution < 1.29 is 19.4 Å². The second-order valence-corrected chi connectivity index (χ2v) is 6.27. The lowest BCUT2D eigenvalue weighted by molar-refractivity contribution is -0.148. The lowest BCUT2D eigenvalue weighted by Gasteiger charge is -2.25. The molecule has 2 aromatic carbocycles. The summed E-state index contributed by atoms with van der Waals surface area (Å²) in [6.07, 6.45) is 1.32. The van der Waals surface area contributed by atoms with Crippen molar-refractivity contribution in [1.29, 1.82) is 0 Å². The monoisotopic (exact) mass is 339 g/mol. The number of carboxylic acids is 1. The van der Waals surface area contributed by atoms with Crippen molar-refractivity contribution in [3.63, 3.8) is 0 Å². The molecule has 1 aliphatic heterocycles. The Balaban J connectivity index is 1.69. The van der Waals surface area contributed by atoms with Crippen LogP contribution in [0.3, 0.4) is 0 Å². The number of fused-ring (bicyclic) bond motifs is 1. The highest BCUT2D eigenvalue weighted by Gasteiger charge is 2.27. The van der Waals surface area contributed by atoms with Gasteiger partial charge in [0.05, 0.1) is 13.0 Å². The molecule has 1 N–H and O–H groups in total. The second-order valence-electron chi connectivity index (χ2n) is 6.27. The smallest absolute Gasteiger partial charge is 0.326 e. The highest BCUT2D eigenvalue weighted by Crippen LogP contribution is 2.26. The van der Waals surface area contributed by atoms with Crippen LogP contribution >= 0.6 is 0 Å². The van der Waals surface area contributed by atoms with E-state index in [0.29, 0.717) is 6.61 Å². The van der Waals surface area contributed by atoms with Gasteiger partial charge in [0, 0.05) is 19.9 Å². The zero-order valence-corrected chi connectivity index (χ0v) is 14.1. The Morgan fingerprint density at radius 2 is 1.92 bits per heavy atom. The second kappa shape index (κ2) is 7.38. The van der Waals surface area contributed by atoms with Crippen LogP contribution in [-0.4, -0.2) is 41.6 Å². The first-order chi connectivity index (χ1) is 12.0. The maximum atomic E-state index is 12.6. The molecule has 0 spiro atoms. The minimum absolute atomic E-state index is 0.183. The SMILES string of the molecule is CN(C(=O)Cc1ccc2c(c1)CCO2)C(Cc1ccccc1)C(=O)O. The minimum Gasteiger partial charge on any atom is -0.493 e. The van der Waals surface area contributed by atoms with Gasteiger partial charge in [-0.15, -0.1) is 0 Å². The number of aliphatic carboxylic acids is 1. The molecule has 5 nitrogen and oxygen atoms in total. The average molecular weight is 339 g/mol. The minimum atomic E-state index is -0.998. The van der Waals surface area contributed by atoms with E-state index in [1.807, 2.05) is 48.5 Å². The van der Waals surface area contributed by atoms with Crippen molar-refractivity contribution >= 4 is 11.9 Å². The van der Waals surface area contributed by atoms with Crippen molar-refractivity contribution in [3.8, 4) is 5.75 Å². The van der Waals surface area contributed by atoms with Gasteiger partial charge in [-0.05, 0) is 22.8 Å². The molecule has 1 unspecified atom stereocenters. The molecular weight excluding hydrogens is 318 g/mol. The highest BCUT2D eigenvalue weighted by atomic mass is 16.5. The normalized spacial score (nSPS) is 13.6. The van der Waals surface area contributed by atoms with E-state index in [-0.39, 0.29) is 18.7 Å². The molecule has 0 saturated heterocycles. The van der Waals surface area contributed by atoms with E-state index < -0.39 is 12.0 Å². The van der Waals surface area contributed by atoms with Crippen LogP contribution < -0.4 is 4.74 Å². The molecule has 1 amide bonds. The van der Waals surface area contributed by atoms with E-state index in [1.54, 1.807) is 7.05 Å². The van der Waals surface area contributed by atoms with Crippen LogP contribution in [0, 0.1) is 0 Å². The number of amides is 1. The third-order valence-electron chi connectivity index (χ3n) is 4.53. The first kappa shape index (κ1) is 17.0. The zero-order valence-electron chi connectivity index (χ0n) is 14.1. The number of carbonyl (C=O) groups is 2. The number of nitrogens with zero attached hydrogens (tertiary/aromatic N) is 1. The van der Waals surface area contributed by atoms with E-state index in [4.69, 9.17) is 4.74 Å². The fraction of sp³-hybridized carbons (Fsp3) is 0.300. The first-order valence-electron chi connectivity index (χ1n) is 8.31. The van der Waals surface area contributed by atoms with Gasteiger partial charge in [-0.2, -0.15) is 0 Å². The molecule has 5 heteroatoms. The Hall–Kier alpha value is -2.82. The van der Waals surface area contributed by atoms with Crippen LogP contribution in [0.15, 0.2) is 48.5 Å². The summed E-state index contributed by atoms with van der Waals surface area (Å²) in [4.78, 5) is 25.6. The molecule has 0 aromatic heterocycles. The van der Waals surface area contributed by atoms with Crippen LogP contribution in [0.1, 0.15) is 16.7 Å². The van der Waals surface area contributed by atoms with Crippen LogP contribution in [0.25, 0.3) is 0 Å². The number of ether oxygens (including phenoxy) is 1. The van der Waals surface area contributed by atoms with Crippen molar-refractivity contribution in [2.75, 3.05) is 13.7 Å². The Morgan fingerprint density at radius 1 is 1.16 bits per heavy atom. The number of hydrogen-bond donors (Lipinski definition) is 1. The standard InChI is InChI=1S/C20H21NO4/c1-21(17(20(23)24)12-14-5-3-2-4-6-14)19(22)13-15-7-8-18-16(11-15)9-10-25-18/h2-8,11,17H,9-10,12-13H2,1H3,(H,23,24). The molecule has 0 fully saturated rings. The molecule has 130 valence electrons. The van der Waals surface area contributed by atoms with Gasteiger partial charge in [0.1, 0.15) is 11.8 Å². The van der Waals surface area contributed by atoms with Gasteiger partial charge in [-0.3, -0.25) is 4.79 Å². The maximum Gasteiger partial charge on any atom is 0.326 e. The van der Waals surface area contributed by atoms with Crippen LogP contribution in [0.4, 0.5) is 0 Å². The third-order valence-corrected chi connectivity index (χ3v) is 4.53. The first-order valence-corrected chi connectivity index (χ1v) is 8.31. The quantitative estimate of drug-likeness (QED) is 0.877. The van der Waals surface area contributed by atoms with Crippen LogP contribution in [-0.2, 0) is 28.9 Å².